The summed E-state index contributed by atoms with van der Waals surface area (Å²) in [4.78, 5) is 50.7. The number of thiol groups is 1. The minimum atomic E-state index is -1.25. The van der Waals surface area contributed by atoms with E-state index in [9.17, 15) is 29.4 Å². The Morgan fingerprint density at radius 2 is 1.33 bits per heavy atom. The Bertz CT molecular complexity index is 1090. The second kappa shape index (κ2) is 16.4. The van der Waals surface area contributed by atoms with E-state index >= 15 is 0 Å². The molecule has 4 atom stereocenters. The van der Waals surface area contributed by atoms with Crippen LogP contribution >= 0.6 is 12.6 Å². The van der Waals surface area contributed by atoms with Crippen LogP contribution in [0.15, 0.2) is 54.6 Å². The fraction of sp³-hybridized carbons (Fsp3) is 0.407. The van der Waals surface area contributed by atoms with Crippen molar-refractivity contribution in [2.24, 2.45) is 11.5 Å². The Kier molecular flexibility index (Phi) is 13.3. The third-order valence-electron chi connectivity index (χ3n) is 6.02. The van der Waals surface area contributed by atoms with Crippen LogP contribution < -0.4 is 27.4 Å². The average molecular weight is 560 g/mol. The van der Waals surface area contributed by atoms with Gasteiger partial charge in [-0.1, -0.05) is 42.5 Å². The second-order valence-corrected chi connectivity index (χ2v) is 9.52. The number of amides is 3. The summed E-state index contributed by atoms with van der Waals surface area (Å²) in [6.07, 6.45) is 1.70. The van der Waals surface area contributed by atoms with Crippen molar-refractivity contribution in [1.82, 2.24) is 16.0 Å². The zero-order valence-electron chi connectivity index (χ0n) is 21.6. The van der Waals surface area contributed by atoms with Crippen LogP contribution in [0.3, 0.4) is 0 Å². The highest BCUT2D eigenvalue weighted by Gasteiger charge is 2.30. The first-order chi connectivity index (χ1) is 18.6. The minimum Gasteiger partial charge on any atom is -0.508 e. The third kappa shape index (κ3) is 11.0. The number of phenolic OH excluding ortho intramolecular Hbond substituents is 1. The number of nitrogens with two attached hydrogens (primary N) is 2. The van der Waals surface area contributed by atoms with Crippen molar-refractivity contribution in [2.45, 2.75) is 56.3 Å². The molecular formula is C27H37N5O6S. The molecule has 0 aromatic heterocycles. The van der Waals surface area contributed by atoms with Crippen LogP contribution in [0.25, 0.3) is 0 Å². The molecule has 0 aliphatic heterocycles. The monoisotopic (exact) mass is 559 g/mol. The van der Waals surface area contributed by atoms with E-state index in [2.05, 4.69) is 28.6 Å². The molecule has 212 valence electrons. The number of unbranched alkanes of at least 4 members (excludes halogenated alkanes) is 1. The SMILES string of the molecule is NCCCCC(NC(=O)C(N)Cc1ccc(O)cc1)C(=O)NC(Cc1ccccc1)C(=O)NC(CS)C(=O)O. The first-order valence-corrected chi connectivity index (χ1v) is 13.3. The number of phenols is 1. The Morgan fingerprint density at radius 1 is 0.769 bits per heavy atom. The molecular weight excluding hydrogens is 522 g/mol. The molecule has 0 fully saturated rings. The van der Waals surface area contributed by atoms with Gasteiger partial charge < -0.3 is 37.6 Å². The number of carbonyl (C=O) groups excluding carboxylic acids is 3. The number of carboxylic acid groups (broad SMARTS) is 1. The van der Waals surface area contributed by atoms with Crippen molar-refractivity contribution in [1.29, 1.82) is 0 Å². The lowest BCUT2D eigenvalue weighted by molar-refractivity contribution is -0.141. The van der Waals surface area contributed by atoms with Gasteiger partial charge in [0.05, 0.1) is 6.04 Å². The summed E-state index contributed by atoms with van der Waals surface area (Å²) < 4.78 is 0. The van der Waals surface area contributed by atoms with Gasteiger partial charge in [0.2, 0.25) is 17.7 Å². The number of hydrogen-bond acceptors (Lipinski definition) is 8. The van der Waals surface area contributed by atoms with Crippen LogP contribution in [0.2, 0.25) is 0 Å². The molecule has 9 N–H and O–H groups in total. The largest absolute Gasteiger partial charge is 0.508 e. The van der Waals surface area contributed by atoms with Gasteiger partial charge in [0.15, 0.2) is 0 Å². The van der Waals surface area contributed by atoms with E-state index in [0.29, 0.717) is 19.4 Å². The molecule has 3 amide bonds. The first kappa shape index (κ1) is 31.6. The molecule has 2 aromatic rings. The van der Waals surface area contributed by atoms with Crippen LogP contribution in [0.4, 0.5) is 0 Å². The summed E-state index contributed by atoms with van der Waals surface area (Å²) in [6, 6.07) is 10.9. The standard InChI is InChI=1S/C27H37N5O6S/c28-13-5-4-8-21(30-24(34)20(29)14-18-9-11-19(33)12-10-18)25(35)31-22(15-17-6-2-1-3-7-17)26(36)32-23(16-39)27(37)38/h1-3,6-7,9-12,20-23,33,39H,4-5,8,13-16,28-29H2,(H,30,34)(H,31,35)(H,32,36)(H,37,38). The third-order valence-corrected chi connectivity index (χ3v) is 6.39. The fourth-order valence-corrected chi connectivity index (χ4v) is 4.06. The zero-order valence-corrected chi connectivity index (χ0v) is 22.5. The maximum atomic E-state index is 13.3. The Morgan fingerprint density at radius 3 is 1.92 bits per heavy atom. The fourth-order valence-electron chi connectivity index (χ4n) is 3.81. The van der Waals surface area contributed by atoms with Crippen LogP contribution in [-0.2, 0) is 32.0 Å². The molecule has 0 aliphatic rings. The van der Waals surface area contributed by atoms with E-state index in [0.717, 1.165) is 11.1 Å². The Balaban J connectivity index is 2.17. The van der Waals surface area contributed by atoms with E-state index in [1.54, 1.807) is 36.4 Å². The quantitative estimate of drug-likeness (QED) is 0.105. The highest BCUT2D eigenvalue weighted by Crippen LogP contribution is 2.12. The van der Waals surface area contributed by atoms with Crippen LogP contribution in [-0.4, -0.2) is 70.4 Å². The van der Waals surface area contributed by atoms with Gasteiger partial charge in [-0.2, -0.15) is 12.6 Å². The number of carbonyl (C=O) groups is 4. The predicted molar refractivity (Wildman–Crippen MR) is 150 cm³/mol. The molecule has 4 unspecified atom stereocenters. The molecule has 0 saturated carbocycles. The number of aromatic hydroxyl groups is 1. The van der Waals surface area contributed by atoms with Gasteiger partial charge in [-0.3, -0.25) is 14.4 Å². The normalized spacial score (nSPS) is 13.9. The van der Waals surface area contributed by atoms with Crippen molar-refractivity contribution in [3.63, 3.8) is 0 Å². The molecule has 2 rings (SSSR count). The van der Waals surface area contributed by atoms with Gasteiger partial charge in [-0.05, 0) is 55.5 Å². The van der Waals surface area contributed by atoms with Gasteiger partial charge in [0.25, 0.3) is 0 Å². The Labute approximate surface area is 233 Å². The highest BCUT2D eigenvalue weighted by atomic mass is 32.1. The summed E-state index contributed by atoms with van der Waals surface area (Å²) in [5.41, 5.74) is 13.2. The smallest absolute Gasteiger partial charge is 0.327 e. The number of carboxylic acids is 1. The van der Waals surface area contributed by atoms with Crippen LogP contribution in [0, 0.1) is 0 Å². The summed E-state index contributed by atoms with van der Waals surface area (Å²) in [5, 5.41) is 26.5. The summed E-state index contributed by atoms with van der Waals surface area (Å²) in [7, 11) is 0. The number of aliphatic carboxylic acids is 1. The molecule has 0 heterocycles. The van der Waals surface area contributed by atoms with Gasteiger partial charge in [0, 0.05) is 12.2 Å². The lowest BCUT2D eigenvalue weighted by Crippen LogP contribution is -2.58. The summed E-state index contributed by atoms with van der Waals surface area (Å²) >= 11 is 3.98. The predicted octanol–water partition coefficient (Wildman–Crippen LogP) is 0.103. The van der Waals surface area contributed by atoms with Gasteiger partial charge >= 0.3 is 5.97 Å². The zero-order chi connectivity index (χ0) is 28.8. The van der Waals surface area contributed by atoms with Gasteiger partial charge in [0.1, 0.15) is 23.9 Å². The van der Waals surface area contributed by atoms with Crippen molar-refractivity contribution in [3.05, 3.63) is 65.7 Å². The molecule has 11 nitrogen and oxygen atoms in total. The molecule has 12 heteroatoms. The number of rotatable bonds is 16. The lowest BCUT2D eigenvalue weighted by Gasteiger charge is -2.25. The maximum absolute atomic E-state index is 13.3. The van der Waals surface area contributed by atoms with E-state index in [1.165, 1.54) is 12.1 Å². The van der Waals surface area contributed by atoms with E-state index < -0.39 is 47.9 Å². The van der Waals surface area contributed by atoms with Crippen molar-refractivity contribution >= 4 is 36.3 Å². The highest BCUT2D eigenvalue weighted by molar-refractivity contribution is 7.80. The topological polar surface area (TPSA) is 197 Å². The second-order valence-electron chi connectivity index (χ2n) is 9.16. The molecule has 0 bridgehead atoms. The van der Waals surface area contributed by atoms with Crippen molar-refractivity contribution in [2.75, 3.05) is 12.3 Å². The summed E-state index contributed by atoms with van der Waals surface area (Å²) in [6.45, 7) is 0.405. The molecule has 0 spiro atoms. The van der Waals surface area contributed by atoms with Crippen molar-refractivity contribution in [3.8, 4) is 5.75 Å². The minimum absolute atomic E-state index is 0.0894. The number of benzene rings is 2. The molecule has 39 heavy (non-hydrogen) atoms. The number of hydrogen-bond donors (Lipinski definition) is 8. The summed E-state index contributed by atoms with van der Waals surface area (Å²) in [5.74, 6) is -3.15. The van der Waals surface area contributed by atoms with Crippen LogP contribution in [0.1, 0.15) is 30.4 Å². The maximum Gasteiger partial charge on any atom is 0.327 e. The molecule has 0 radical (unpaired) electrons. The Hall–Kier alpha value is -3.61. The van der Waals surface area contributed by atoms with E-state index in [-0.39, 0.29) is 30.8 Å². The molecule has 0 aliphatic carbocycles. The first-order valence-electron chi connectivity index (χ1n) is 12.7. The number of nitrogens with one attached hydrogen (secondary N) is 3. The van der Waals surface area contributed by atoms with Crippen LogP contribution in [0.5, 0.6) is 5.75 Å². The van der Waals surface area contributed by atoms with E-state index in [1.807, 2.05) is 6.07 Å². The molecule has 2 aromatic carbocycles. The lowest BCUT2D eigenvalue weighted by atomic mass is 10.0. The van der Waals surface area contributed by atoms with Gasteiger partial charge in [-0.15, -0.1) is 0 Å². The van der Waals surface area contributed by atoms with E-state index in [4.69, 9.17) is 11.5 Å². The average Bonchev–Trinajstić information content (AvgIpc) is 2.92. The molecule has 0 saturated heterocycles. The van der Waals surface area contributed by atoms with Gasteiger partial charge in [-0.25, -0.2) is 4.79 Å². The van der Waals surface area contributed by atoms with Crippen molar-refractivity contribution < 1.29 is 29.4 Å².